The van der Waals surface area contributed by atoms with Crippen molar-refractivity contribution in [2.75, 3.05) is 31.1 Å². The fraction of sp³-hybridized carbons (Fsp3) is 0.520. The summed E-state index contributed by atoms with van der Waals surface area (Å²) < 4.78 is 0. The predicted octanol–water partition coefficient (Wildman–Crippen LogP) is 3.71. The third-order valence-electron chi connectivity index (χ3n) is 6.97. The van der Waals surface area contributed by atoms with Crippen molar-refractivity contribution < 1.29 is 5.11 Å². The highest BCUT2D eigenvalue weighted by Crippen LogP contribution is 2.34. The molecule has 3 N–H and O–H groups in total. The van der Waals surface area contributed by atoms with E-state index in [1.165, 1.54) is 22.4 Å². The van der Waals surface area contributed by atoms with Gasteiger partial charge >= 0.3 is 0 Å². The predicted molar refractivity (Wildman–Crippen MR) is 120 cm³/mol. The van der Waals surface area contributed by atoms with Crippen molar-refractivity contribution in [3.05, 3.63) is 64.7 Å². The largest absolute Gasteiger partial charge is 0.385 e. The molecule has 0 atom stereocenters. The lowest BCUT2D eigenvalue weighted by molar-refractivity contribution is -0.0277. The zero-order valence-corrected chi connectivity index (χ0v) is 17.9. The molecular weight excluding hydrogens is 358 g/mol. The number of benzene rings is 2. The van der Waals surface area contributed by atoms with Gasteiger partial charge in [-0.1, -0.05) is 30.3 Å². The Hall–Kier alpha value is -1.88. The molecule has 2 fully saturated rings. The van der Waals surface area contributed by atoms with Crippen molar-refractivity contribution >= 4 is 5.69 Å². The van der Waals surface area contributed by atoms with Crippen LogP contribution in [0.25, 0.3) is 0 Å². The van der Waals surface area contributed by atoms with Crippen LogP contribution in [-0.2, 0) is 12.1 Å². The van der Waals surface area contributed by atoms with Crippen molar-refractivity contribution in [2.45, 2.75) is 57.7 Å². The Kier molecular flexibility index (Phi) is 5.95. The minimum atomic E-state index is -0.687. The number of nitrogens with two attached hydrogens (primary N) is 1. The van der Waals surface area contributed by atoms with Crippen molar-refractivity contribution in [3.8, 4) is 0 Å². The Bertz CT molecular complexity index is 816. The number of rotatable bonds is 4. The summed E-state index contributed by atoms with van der Waals surface area (Å²) in [5.41, 5.74) is 11.6. The molecule has 0 saturated carbocycles. The number of piperidine rings is 2. The Morgan fingerprint density at radius 1 is 0.931 bits per heavy atom. The van der Waals surface area contributed by atoms with Gasteiger partial charge in [0.15, 0.2) is 0 Å². The first kappa shape index (κ1) is 20.4. The van der Waals surface area contributed by atoms with Gasteiger partial charge in [-0.3, -0.25) is 4.90 Å². The molecule has 4 rings (SSSR count). The summed E-state index contributed by atoms with van der Waals surface area (Å²) in [5, 5.41) is 11.2. The highest BCUT2D eigenvalue weighted by Gasteiger charge is 2.34. The summed E-state index contributed by atoms with van der Waals surface area (Å²) in [4.78, 5) is 4.90. The van der Waals surface area contributed by atoms with Crippen molar-refractivity contribution in [2.24, 2.45) is 5.73 Å². The second kappa shape index (κ2) is 8.47. The van der Waals surface area contributed by atoms with Gasteiger partial charge in [0.05, 0.1) is 5.60 Å². The third-order valence-corrected chi connectivity index (χ3v) is 6.97. The van der Waals surface area contributed by atoms with Gasteiger partial charge in [0.2, 0.25) is 0 Å². The smallest absolute Gasteiger partial charge is 0.0921 e. The molecule has 2 aliphatic rings. The topological polar surface area (TPSA) is 52.7 Å². The number of aliphatic hydroxyl groups is 1. The molecule has 0 spiro atoms. The number of hydrogen-bond donors (Lipinski definition) is 2. The molecule has 156 valence electrons. The summed E-state index contributed by atoms with van der Waals surface area (Å²) in [5.74, 6) is 0. The molecule has 2 saturated heterocycles. The summed E-state index contributed by atoms with van der Waals surface area (Å²) in [6, 6.07) is 15.8. The summed E-state index contributed by atoms with van der Waals surface area (Å²) in [6.45, 7) is 9.17. The summed E-state index contributed by atoms with van der Waals surface area (Å²) in [6.07, 6.45) is 3.75. The van der Waals surface area contributed by atoms with E-state index in [0.717, 1.165) is 64.0 Å². The zero-order valence-electron chi connectivity index (χ0n) is 17.9. The number of likely N-dealkylation sites (tertiary alicyclic amines) is 1. The molecule has 4 heteroatoms. The average molecular weight is 394 g/mol. The molecule has 2 heterocycles. The van der Waals surface area contributed by atoms with Gasteiger partial charge in [0.1, 0.15) is 0 Å². The van der Waals surface area contributed by atoms with Crippen LogP contribution in [0.5, 0.6) is 0 Å². The Labute approximate surface area is 175 Å². The number of nitrogens with zero attached hydrogens (tertiary/aromatic N) is 2. The van der Waals surface area contributed by atoms with E-state index in [9.17, 15) is 5.11 Å². The van der Waals surface area contributed by atoms with Crippen LogP contribution in [0, 0.1) is 13.8 Å². The molecule has 2 aliphatic heterocycles. The standard InChI is InChI=1S/C25H35N3O/c1-19-3-6-22(17-20(19)2)25(29)11-15-27(16-12-25)18-21-4-7-24(8-5-21)28-13-9-23(26)10-14-28/h3-8,17,23,29H,9-16,18,26H2,1-2H3. The van der Waals surface area contributed by atoms with E-state index in [1.54, 1.807) is 0 Å². The molecular formula is C25H35N3O. The van der Waals surface area contributed by atoms with Crippen LogP contribution in [0.2, 0.25) is 0 Å². The normalized spacial score (nSPS) is 20.8. The maximum atomic E-state index is 11.2. The molecule has 0 aromatic heterocycles. The van der Waals surface area contributed by atoms with Gasteiger partial charge in [0, 0.05) is 44.5 Å². The zero-order chi connectivity index (χ0) is 20.4. The quantitative estimate of drug-likeness (QED) is 0.831. The fourth-order valence-electron chi connectivity index (χ4n) is 4.63. The Morgan fingerprint density at radius 3 is 2.21 bits per heavy atom. The molecule has 0 aliphatic carbocycles. The van der Waals surface area contributed by atoms with Gasteiger partial charge in [-0.2, -0.15) is 0 Å². The minimum absolute atomic E-state index is 0.368. The SMILES string of the molecule is Cc1ccc(C2(O)CCN(Cc3ccc(N4CCC(N)CC4)cc3)CC2)cc1C. The molecule has 0 bridgehead atoms. The Balaban J connectivity index is 1.33. The highest BCUT2D eigenvalue weighted by molar-refractivity contribution is 5.48. The van der Waals surface area contributed by atoms with E-state index in [4.69, 9.17) is 5.73 Å². The van der Waals surface area contributed by atoms with E-state index >= 15 is 0 Å². The van der Waals surface area contributed by atoms with Crippen LogP contribution in [0.3, 0.4) is 0 Å². The van der Waals surface area contributed by atoms with Crippen LogP contribution in [0.15, 0.2) is 42.5 Å². The van der Waals surface area contributed by atoms with Crippen LogP contribution in [-0.4, -0.2) is 42.2 Å². The van der Waals surface area contributed by atoms with Crippen LogP contribution >= 0.6 is 0 Å². The minimum Gasteiger partial charge on any atom is -0.385 e. The van der Waals surface area contributed by atoms with Crippen molar-refractivity contribution in [1.29, 1.82) is 0 Å². The number of aryl methyl sites for hydroxylation is 2. The van der Waals surface area contributed by atoms with Crippen molar-refractivity contribution in [3.63, 3.8) is 0 Å². The van der Waals surface area contributed by atoms with Crippen molar-refractivity contribution in [1.82, 2.24) is 4.90 Å². The van der Waals surface area contributed by atoms with Crippen LogP contribution in [0.4, 0.5) is 5.69 Å². The lowest BCUT2D eigenvalue weighted by Crippen LogP contribution is -2.42. The third kappa shape index (κ3) is 4.66. The first-order valence-corrected chi connectivity index (χ1v) is 11.0. The molecule has 0 amide bonds. The van der Waals surface area contributed by atoms with E-state index < -0.39 is 5.60 Å². The van der Waals surface area contributed by atoms with Gasteiger partial charge < -0.3 is 15.7 Å². The maximum Gasteiger partial charge on any atom is 0.0921 e. The van der Waals surface area contributed by atoms with E-state index in [1.807, 2.05) is 0 Å². The average Bonchev–Trinajstić information content (AvgIpc) is 2.73. The number of hydrogen-bond acceptors (Lipinski definition) is 4. The van der Waals surface area contributed by atoms with Gasteiger partial charge in [-0.05, 0) is 73.9 Å². The fourth-order valence-corrected chi connectivity index (χ4v) is 4.63. The lowest BCUT2D eigenvalue weighted by atomic mass is 9.83. The van der Waals surface area contributed by atoms with E-state index in [-0.39, 0.29) is 0 Å². The van der Waals surface area contributed by atoms with Crippen LogP contribution in [0.1, 0.15) is 47.9 Å². The molecule has 2 aromatic rings. The van der Waals surface area contributed by atoms with Gasteiger partial charge in [-0.15, -0.1) is 0 Å². The monoisotopic (exact) mass is 393 g/mol. The molecule has 0 unspecified atom stereocenters. The number of anilines is 1. The van der Waals surface area contributed by atoms with Gasteiger partial charge in [0.25, 0.3) is 0 Å². The first-order valence-electron chi connectivity index (χ1n) is 11.0. The highest BCUT2D eigenvalue weighted by atomic mass is 16.3. The maximum absolute atomic E-state index is 11.2. The van der Waals surface area contributed by atoms with Gasteiger partial charge in [-0.25, -0.2) is 0 Å². The van der Waals surface area contributed by atoms with E-state index in [0.29, 0.717) is 6.04 Å². The Morgan fingerprint density at radius 2 is 1.59 bits per heavy atom. The molecule has 2 aromatic carbocycles. The molecule has 4 nitrogen and oxygen atoms in total. The molecule has 0 radical (unpaired) electrons. The summed E-state index contributed by atoms with van der Waals surface area (Å²) in [7, 11) is 0. The lowest BCUT2D eigenvalue weighted by Gasteiger charge is -2.39. The second-order valence-electron chi connectivity index (χ2n) is 9.10. The van der Waals surface area contributed by atoms with E-state index in [2.05, 4.69) is 66.1 Å². The first-order chi connectivity index (χ1) is 13.9. The summed E-state index contributed by atoms with van der Waals surface area (Å²) >= 11 is 0. The van der Waals surface area contributed by atoms with Crippen LogP contribution < -0.4 is 10.6 Å². The second-order valence-corrected chi connectivity index (χ2v) is 9.10. The molecule has 29 heavy (non-hydrogen) atoms.